The first-order valence-corrected chi connectivity index (χ1v) is 5.92. The summed E-state index contributed by atoms with van der Waals surface area (Å²) >= 11 is 0. The molecule has 0 aliphatic carbocycles. The number of aliphatic hydroxyl groups is 1. The van der Waals surface area contributed by atoms with Crippen molar-refractivity contribution in [3.63, 3.8) is 0 Å². The molecule has 6 heteroatoms. The monoisotopic (exact) mass is 261 g/mol. The maximum Gasteiger partial charge on any atom is 0.251 e. The second-order valence-corrected chi connectivity index (χ2v) is 4.26. The van der Waals surface area contributed by atoms with Gasteiger partial charge < -0.3 is 14.8 Å². The van der Waals surface area contributed by atoms with Crippen LogP contribution >= 0.6 is 0 Å². The third-order valence-corrected chi connectivity index (χ3v) is 2.57. The van der Waals surface area contributed by atoms with E-state index >= 15 is 0 Å². The molecule has 1 amide bonds. The summed E-state index contributed by atoms with van der Waals surface area (Å²) in [6.07, 6.45) is 0. The quantitative estimate of drug-likeness (QED) is 0.862. The zero-order chi connectivity index (χ0) is 13.8. The summed E-state index contributed by atoms with van der Waals surface area (Å²) in [6.45, 7) is 3.35. The number of carbonyl (C=O) groups is 1. The highest BCUT2D eigenvalue weighted by atomic mass is 16.4. The standard InChI is InChI=1S/C13H15N3O3/c1-8(7-17)14-12(18)10-3-5-11(6-4-10)13-16-15-9(2)19-13/h3-6,8,17H,7H2,1-2H3,(H,14,18). The van der Waals surface area contributed by atoms with Gasteiger partial charge in [0.2, 0.25) is 11.8 Å². The van der Waals surface area contributed by atoms with Crippen molar-refractivity contribution in [3.05, 3.63) is 35.7 Å². The largest absolute Gasteiger partial charge is 0.421 e. The maximum atomic E-state index is 11.8. The van der Waals surface area contributed by atoms with Crippen LogP contribution in [-0.2, 0) is 0 Å². The Morgan fingerprint density at radius 2 is 2.05 bits per heavy atom. The topological polar surface area (TPSA) is 88.2 Å². The number of carbonyl (C=O) groups excluding carboxylic acids is 1. The molecule has 1 atom stereocenters. The van der Waals surface area contributed by atoms with Crippen molar-refractivity contribution >= 4 is 5.91 Å². The fraction of sp³-hybridized carbons (Fsp3) is 0.308. The predicted octanol–water partition coefficient (Wildman–Crippen LogP) is 1.16. The minimum atomic E-state index is -0.272. The minimum absolute atomic E-state index is 0.0922. The molecule has 1 aromatic carbocycles. The van der Waals surface area contributed by atoms with E-state index in [-0.39, 0.29) is 18.6 Å². The summed E-state index contributed by atoms with van der Waals surface area (Å²) < 4.78 is 5.30. The van der Waals surface area contributed by atoms with Crippen LogP contribution in [0, 0.1) is 6.92 Å². The molecular formula is C13H15N3O3. The molecule has 0 saturated carbocycles. The number of aromatic nitrogens is 2. The van der Waals surface area contributed by atoms with Gasteiger partial charge in [0.25, 0.3) is 5.91 Å². The first-order valence-electron chi connectivity index (χ1n) is 5.92. The molecule has 1 heterocycles. The Bertz CT molecular complexity index is 563. The lowest BCUT2D eigenvalue weighted by Crippen LogP contribution is -2.34. The van der Waals surface area contributed by atoms with Crippen LogP contribution in [-0.4, -0.2) is 33.9 Å². The number of aryl methyl sites for hydroxylation is 1. The third kappa shape index (κ3) is 3.17. The zero-order valence-electron chi connectivity index (χ0n) is 10.8. The minimum Gasteiger partial charge on any atom is -0.421 e. The number of rotatable bonds is 4. The van der Waals surface area contributed by atoms with Gasteiger partial charge in [-0.05, 0) is 31.2 Å². The first kappa shape index (κ1) is 13.2. The Kier molecular flexibility index (Phi) is 3.91. The molecule has 0 aliphatic heterocycles. The number of hydrogen-bond acceptors (Lipinski definition) is 5. The van der Waals surface area contributed by atoms with Crippen LogP contribution in [0.15, 0.2) is 28.7 Å². The van der Waals surface area contributed by atoms with Gasteiger partial charge in [0, 0.05) is 24.1 Å². The van der Waals surface area contributed by atoms with Crippen molar-refractivity contribution in [2.75, 3.05) is 6.61 Å². The van der Waals surface area contributed by atoms with Crippen LogP contribution in [0.2, 0.25) is 0 Å². The lowest BCUT2D eigenvalue weighted by atomic mass is 10.1. The van der Waals surface area contributed by atoms with Crippen molar-refractivity contribution in [1.82, 2.24) is 15.5 Å². The molecule has 0 spiro atoms. The van der Waals surface area contributed by atoms with E-state index in [9.17, 15) is 4.79 Å². The third-order valence-electron chi connectivity index (χ3n) is 2.57. The zero-order valence-corrected chi connectivity index (χ0v) is 10.8. The van der Waals surface area contributed by atoms with Gasteiger partial charge >= 0.3 is 0 Å². The fourth-order valence-electron chi connectivity index (χ4n) is 1.53. The molecule has 0 aliphatic rings. The van der Waals surface area contributed by atoms with Crippen LogP contribution in [0.3, 0.4) is 0 Å². The summed E-state index contributed by atoms with van der Waals surface area (Å²) in [5.74, 6) is 0.691. The van der Waals surface area contributed by atoms with E-state index in [4.69, 9.17) is 9.52 Å². The average Bonchev–Trinajstić information content (AvgIpc) is 2.85. The van der Waals surface area contributed by atoms with Crippen LogP contribution in [0.4, 0.5) is 0 Å². The van der Waals surface area contributed by atoms with Gasteiger partial charge in [-0.3, -0.25) is 4.79 Å². The number of hydrogen-bond donors (Lipinski definition) is 2. The van der Waals surface area contributed by atoms with Crippen molar-refractivity contribution in [2.45, 2.75) is 19.9 Å². The Morgan fingerprint density at radius 1 is 1.37 bits per heavy atom. The van der Waals surface area contributed by atoms with Crippen molar-refractivity contribution in [1.29, 1.82) is 0 Å². The molecule has 2 aromatic rings. The molecule has 0 saturated heterocycles. The van der Waals surface area contributed by atoms with Crippen LogP contribution in [0.5, 0.6) is 0 Å². The number of nitrogens with one attached hydrogen (secondary N) is 1. The lowest BCUT2D eigenvalue weighted by molar-refractivity contribution is 0.0922. The highest BCUT2D eigenvalue weighted by molar-refractivity contribution is 5.94. The van der Waals surface area contributed by atoms with Crippen LogP contribution in [0.25, 0.3) is 11.5 Å². The summed E-state index contributed by atoms with van der Waals surface area (Å²) in [6, 6.07) is 6.56. The summed E-state index contributed by atoms with van der Waals surface area (Å²) in [5.41, 5.74) is 1.27. The van der Waals surface area contributed by atoms with E-state index in [0.717, 1.165) is 5.56 Å². The number of nitrogens with zero attached hydrogens (tertiary/aromatic N) is 2. The van der Waals surface area contributed by atoms with Crippen LogP contribution < -0.4 is 5.32 Å². The molecule has 1 aromatic heterocycles. The Balaban J connectivity index is 2.12. The molecule has 2 N–H and O–H groups in total. The van der Waals surface area contributed by atoms with Gasteiger partial charge in [0.15, 0.2) is 0 Å². The Labute approximate surface area is 110 Å². The molecular weight excluding hydrogens is 246 g/mol. The van der Waals surface area contributed by atoms with E-state index in [1.807, 2.05) is 0 Å². The second kappa shape index (κ2) is 5.62. The lowest BCUT2D eigenvalue weighted by Gasteiger charge is -2.10. The van der Waals surface area contributed by atoms with Gasteiger partial charge in [0.1, 0.15) is 0 Å². The first-order chi connectivity index (χ1) is 9.10. The molecule has 100 valence electrons. The molecule has 0 fully saturated rings. The Hall–Kier alpha value is -2.21. The van der Waals surface area contributed by atoms with E-state index in [1.165, 1.54) is 0 Å². The van der Waals surface area contributed by atoms with Gasteiger partial charge in [-0.25, -0.2) is 0 Å². The second-order valence-electron chi connectivity index (χ2n) is 4.26. The fourth-order valence-corrected chi connectivity index (χ4v) is 1.53. The smallest absolute Gasteiger partial charge is 0.251 e. The van der Waals surface area contributed by atoms with Gasteiger partial charge in [-0.15, -0.1) is 10.2 Å². The molecule has 2 rings (SSSR count). The highest BCUT2D eigenvalue weighted by Crippen LogP contribution is 2.18. The predicted molar refractivity (Wildman–Crippen MR) is 68.5 cm³/mol. The molecule has 0 bridgehead atoms. The number of aliphatic hydroxyl groups excluding tert-OH is 1. The van der Waals surface area contributed by atoms with E-state index in [1.54, 1.807) is 38.1 Å². The highest BCUT2D eigenvalue weighted by Gasteiger charge is 2.10. The van der Waals surface area contributed by atoms with Crippen molar-refractivity contribution in [3.8, 4) is 11.5 Å². The SMILES string of the molecule is Cc1nnc(-c2ccc(C(=O)NC(C)CO)cc2)o1. The average molecular weight is 261 g/mol. The number of amides is 1. The van der Waals surface area contributed by atoms with E-state index < -0.39 is 0 Å². The molecule has 19 heavy (non-hydrogen) atoms. The van der Waals surface area contributed by atoms with Crippen molar-refractivity contribution in [2.24, 2.45) is 0 Å². The summed E-state index contributed by atoms with van der Waals surface area (Å²) in [7, 11) is 0. The normalized spacial score (nSPS) is 12.2. The van der Waals surface area contributed by atoms with Crippen molar-refractivity contribution < 1.29 is 14.3 Å². The number of benzene rings is 1. The Morgan fingerprint density at radius 3 is 2.58 bits per heavy atom. The van der Waals surface area contributed by atoms with Crippen LogP contribution in [0.1, 0.15) is 23.2 Å². The van der Waals surface area contributed by atoms with Gasteiger partial charge in [-0.2, -0.15) is 0 Å². The van der Waals surface area contributed by atoms with Gasteiger partial charge in [-0.1, -0.05) is 0 Å². The van der Waals surface area contributed by atoms with E-state index in [0.29, 0.717) is 17.3 Å². The van der Waals surface area contributed by atoms with E-state index in [2.05, 4.69) is 15.5 Å². The molecule has 1 unspecified atom stereocenters. The molecule has 0 radical (unpaired) electrons. The summed E-state index contributed by atoms with van der Waals surface area (Å²) in [4.78, 5) is 11.8. The summed E-state index contributed by atoms with van der Waals surface area (Å²) in [5, 5.41) is 19.2. The maximum absolute atomic E-state index is 11.8. The molecule has 6 nitrogen and oxygen atoms in total. The van der Waals surface area contributed by atoms with Gasteiger partial charge in [0.05, 0.1) is 6.61 Å².